The number of anilines is 1. The van der Waals surface area contributed by atoms with Gasteiger partial charge >= 0.3 is 6.09 Å². The quantitative estimate of drug-likeness (QED) is 0.781. The molecule has 6 nitrogen and oxygen atoms in total. The van der Waals surface area contributed by atoms with Crippen LogP contribution in [0.3, 0.4) is 0 Å². The molecule has 1 aromatic rings. The first-order chi connectivity index (χ1) is 10.7. The minimum absolute atomic E-state index is 0.260. The Kier molecular flexibility index (Phi) is 5.39. The molecule has 0 bridgehead atoms. The molecule has 0 aliphatic carbocycles. The van der Waals surface area contributed by atoms with E-state index in [0.717, 1.165) is 21.7 Å². The Morgan fingerprint density at radius 2 is 1.87 bits per heavy atom. The highest BCUT2D eigenvalue weighted by molar-refractivity contribution is 9.10. The van der Waals surface area contributed by atoms with Crippen molar-refractivity contribution in [1.29, 1.82) is 0 Å². The summed E-state index contributed by atoms with van der Waals surface area (Å²) in [6.45, 7) is 10.2. The normalized spacial score (nSPS) is 15.6. The number of rotatable bonds is 2. The maximum Gasteiger partial charge on any atom is 0.410 e. The van der Waals surface area contributed by atoms with Crippen molar-refractivity contribution >= 4 is 27.8 Å². The number of amides is 1. The van der Waals surface area contributed by atoms with E-state index in [1.165, 1.54) is 0 Å². The number of carbonyl (C=O) groups excluding carboxylic acids is 1. The van der Waals surface area contributed by atoms with Crippen molar-refractivity contribution < 1.29 is 14.3 Å². The number of piperazine rings is 1. The first-order valence-electron chi connectivity index (χ1n) is 7.65. The van der Waals surface area contributed by atoms with Crippen LogP contribution in [0.25, 0.3) is 0 Å². The number of hydrogen-bond donors (Lipinski definition) is 0. The lowest BCUT2D eigenvalue weighted by molar-refractivity contribution is 0.0240. The fourth-order valence-electron chi connectivity index (χ4n) is 2.36. The Morgan fingerprint density at radius 1 is 1.26 bits per heavy atom. The Hall–Kier alpha value is -1.50. The third-order valence-corrected chi connectivity index (χ3v) is 4.35. The molecule has 2 heterocycles. The van der Waals surface area contributed by atoms with E-state index >= 15 is 0 Å². The summed E-state index contributed by atoms with van der Waals surface area (Å²) in [5.74, 6) is 1.55. The Balaban J connectivity index is 2.05. The fraction of sp³-hybridized carbons (Fsp3) is 0.625. The second-order valence-corrected chi connectivity index (χ2v) is 7.39. The Labute approximate surface area is 145 Å². The van der Waals surface area contributed by atoms with Crippen molar-refractivity contribution in [3.05, 3.63) is 16.2 Å². The molecule has 0 spiro atoms. The molecule has 0 radical (unpaired) electrons. The van der Waals surface area contributed by atoms with E-state index in [4.69, 9.17) is 9.47 Å². The molecule has 0 N–H and O–H groups in total. The highest BCUT2D eigenvalue weighted by atomic mass is 79.9. The van der Waals surface area contributed by atoms with Crippen molar-refractivity contribution in [2.75, 3.05) is 38.2 Å². The van der Waals surface area contributed by atoms with Gasteiger partial charge in [0.05, 0.1) is 12.8 Å². The van der Waals surface area contributed by atoms with E-state index in [2.05, 4.69) is 25.8 Å². The van der Waals surface area contributed by atoms with Gasteiger partial charge in [0.1, 0.15) is 5.60 Å². The summed E-state index contributed by atoms with van der Waals surface area (Å²) in [6.07, 6.45) is -0.260. The summed E-state index contributed by atoms with van der Waals surface area (Å²) in [6, 6.07) is 1.93. The van der Waals surface area contributed by atoms with Crippen LogP contribution < -0.4 is 9.64 Å². The number of nitrogens with zero attached hydrogens (tertiary/aromatic N) is 3. The van der Waals surface area contributed by atoms with Crippen molar-refractivity contribution in [3.63, 3.8) is 0 Å². The lowest BCUT2D eigenvalue weighted by atomic mass is 10.2. The first kappa shape index (κ1) is 17.8. The second-order valence-electron chi connectivity index (χ2n) is 6.54. The molecule has 2 rings (SSSR count). The van der Waals surface area contributed by atoms with E-state index in [1.807, 2.05) is 33.8 Å². The summed E-state index contributed by atoms with van der Waals surface area (Å²) >= 11 is 3.47. The monoisotopic (exact) mass is 385 g/mol. The van der Waals surface area contributed by atoms with Crippen LogP contribution >= 0.6 is 15.9 Å². The Bertz CT molecular complexity index is 579. The van der Waals surface area contributed by atoms with Gasteiger partial charge < -0.3 is 19.3 Å². The average molecular weight is 386 g/mol. The van der Waals surface area contributed by atoms with Crippen LogP contribution in [-0.2, 0) is 4.74 Å². The van der Waals surface area contributed by atoms with Crippen LogP contribution in [0.15, 0.2) is 10.5 Å². The molecule has 0 unspecified atom stereocenters. The van der Waals surface area contributed by atoms with Gasteiger partial charge in [0, 0.05) is 30.7 Å². The largest absolute Gasteiger partial charge is 0.493 e. The van der Waals surface area contributed by atoms with Gasteiger partial charge in [0.15, 0.2) is 11.6 Å². The first-order valence-corrected chi connectivity index (χ1v) is 8.44. The molecular weight excluding hydrogens is 362 g/mol. The molecule has 1 aromatic heterocycles. The van der Waals surface area contributed by atoms with Gasteiger partial charge in [-0.1, -0.05) is 0 Å². The number of methoxy groups -OCH3 is 1. The summed E-state index contributed by atoms with van der Waals surface area (Å²) < 4.78 is 11.8. The number of hydrogen-bond acceptors (Lipinski definition) is 5. The molecule has 23 heavy (non-hydrogen) atoms. The topological polar surface area (TPSA) is 54.9 Å². The van der Waals surface area contributed by atoms with Crippen LogP contribution in [0, 0.1) is 6.92 Å². The molecule has 1 saturated heterocycles. The number of pyridine rings is 1. The van der Waals surface area contributed by atoms with E-state index < -0.39 is 5.60 Å². The zero-order valence-electron chi connectivity index (χ0n) is 14.4. The summed E-state index contributed by atoms with van der Waals surface area (Å²) in [5, 5.41) is 0. The molecular formula is C16H24BrN3O3. The van der Waals surface area contributed by atoms with Gasteiger partial charge in [-0.3, -0.25) is 0 Å². The van der Waals surface area contributed by atoms with Crippen LogP contribution in [0.5, 0.6) is 5.75 Å². The highest BCUT2D eigenvalue weighted by Crippen LogP contribution is 2.31. The summed E-state index contributed by atoms with van der Waals surface area (Å²) in [5.41, 5.74) is 0.442. The number of ether oxygens (including phenoxy) is 2. The minimum Gasteiger partial charge on any atom is -0.493 e. The van der Waals surface area contributed by atoms with E-state index in [-0.39, 0.29) is 6.09 Å². The van der Waals surface area contributed by atoms with E-state index in [0.29, 0.717) is 26.2 Å². The molecule has 0 aromatic carbocycles. The van der Waals surface area contributed by atoms with E-state index in [9.17, 15) is 4.79 Å². The van der Waals surface area contributed by atoms with Gasteiger partial charge in [-0.25, -0.2) is 9.78 Å². The molecule has 1 aliphatic rings. The maximum absolute atomic E-state index is 12.1. The molecule has 128 valence electrons. The molecule has 1 amide bonds. The summed E-state index contributed by atoms with van der Waals surface area (Å²) in [7, 11) is 1.64. The SMILES string of the molecule is COc1cc(Br)c(C)nc1N1CCN(C(=O)OC(C)(C)C)CC1. The molecule has 1 fully saturated rings. The zero-order valence-corrected chi connectivity index (χ0v) is 15.9. The van der Waals surface area contributed by atoms with Gasteiger partial charge in [-0.05, 0) is 49.7 Å². The van der Waals surface area contributed by atoms with E-state index in [1.54, 1.807) is 12.0 Å². The van der Waals surface area contributed by atoms with Crippen molar-refractivity contribution in [2.45, 2.75) is 33.3 Å². The van der Waals surface area contributed by atoms with Crippen LogP contribution in [0.4, 0.5) is 10.6 Å². The standard InChI is InChI=1S/C16H24BrN3O3/c1-11-12(17)10-13(22-5)14(18-11)19-6-8-20(9-7-19)15(21)23-16(2,3)4/h10H,6-9H2,1-5H3. The zero-order chi connectivity index (χ0) is 17.2. The molecule has 7 heteroatoms. The van der Waals surface area contributed by atoms with Crippen LogP contribution in [0.1, 0.15) is 26.5 Å². The summed E-state index contributed by atoms with van der Waals surface area (Å²) in [4.78, 5) is 20.6. The number of aromatic nitrogens is 1. The number of halogens is 1. The van der Waals surface area contributed by atoms with Gasteiger partial charge in [0.2, 0.25) is 0 Å². The van der Waals surface area contributed by atoms with Crippen molar-refractivity contribution in [3.8, 4) is 5.75 Å². The molecule has 0 atom stereocenters. The number of carbonyl (C=O) groups is 1. The Morgan fingerprint density at radius 3 is 2.39 bits per heavy atom. The smallest absolute Gasteiger partial charge is 0.410 e. The molecule has 1 aliphatic heterocycles. The molecule has 0 saturated carbocycles. The number of aryl methyl sites for hydroxylation is 1. The average Bonchev–Trinajstić information content (AvgIpc) is 2.48. The van der Waals surface area contributed by atoms with Crippen molar-refractivity contribution in [2.24, 2.45) is 0 Å². The minimum atomic E-state index is -0.470. The predicted octanol–water partition coefficient (Wildman–Crippen LogP) is 3.22. The van der Waals surface area contributed by atoms with Gasteiger partial charge in [-0.2, -0.15) is 0 Å². The fourth-order valence-corrected chi connectivity index (χ4v) is 2.65. The lowest BCUT2D eigenvalue weighted by Gasteiger charge is -2.36. The van der Waals surface area contributed by atoms with Crippen LogP contribution in [0.2, 0.25) is 0 Å². The third kappa shape index (κ3) is 4.50. The highest BCUT2D eigenvalue weighted by Gasteiger charge is 2.27. The predicted molar refractivity (Wildman–Crippen MR) is 93.2 cm³/mol. The van der Waals surface area contributed by atoms with Crippen LogP contribution in [-0.4, -0.2) is 54.9 Å². The lowest BCUT2D eigenvalue weighted by Crippen LogP contribution is -2.50. The second kappa shape index (κ2) is 6.95. The van der Waals surface area contributed by atoms with Gasteiger partial charge in [-0.15, -0.1) is 0 Å². The van der Waals surface area contributed by atoms with Crippen molar-refractivity contribution in [1.82, 2.24) is 9.88 Å². The maximum atomic E-state index is 12.1. The van der Waals surface area contributed by atoms with Gasteiger partial charge in [0.25, 0.3) is 0 Å². The third-order valence-electron chi connectivity index (χ3n) is 3.55.